The van der Waals surface area contributed by atoms with E-state index in [1.165, 1.54) is 12.4 Å². The maximum absolute atomic E-state index is 13.4. The van der Waals surface area contributed by atoms with Crippen LogP contribution in [0.3, 0.4) is 0 Å². The third-order valence-corrected chi connectivity index (χ3v) is 2.71. The van der Waals surface area contributed by atoms with Crippen LogP contribution in [0.25, 0.3) is 11.3 Å². The first-order valence-electron chi connectivity index (χ1n) is 4.62. The van der Waals surface area contributed by atoms with E-state index >= 15 is 0 Å². The maximum Gasteiger partial charge on any atom is 0.146 e. The molecule has 2 rings (SSSR count). The Morgan fingerprint density at radius 3 is 2.81 bits per heavy atom. The summed E-state index contributed by atoms with van der Waals surface area (Å²) in [5, 5.41) is 0.246. The van der Waals surface area contributed by atoms with Crippen LogP contribution in [0.2, 0.25) is 5.02 Å². The van der Waals surface area contributed by atoms with Gasteiger partial charge < -0.3 is 5.73 Å². The van der Waals surface area contributed by atoms with E-state index in [9.17, 15) is 4.39 Å². The summed E-state index contributed by atoms with van der Waals surface area (Å²) in [5.41, 5.74) is 7.13. The summed E-state index contributed by atoms with van der Waals surface area (Å²) < 4.78 is 13.4. The zero-order chi connectivity index (χ0) is 11.7. The van der Waals surface area contributed by atoms with E-state index in [2.05, 4.69) is 9.97 Å². The van der Waals surface area contributed by atoms with Gasteiger partial charge in [-0.25, -0.2) is 14.4 Å². The van der Waals surface area contributed by atoms with Crippen molar-refractivity contribution in [1.29, 1.82) is 0 Å². The van der Waals surface area contributed by atoms with Crippen LogP contribution in [-0.2, 0) is 0 Å². The highest BCUT2D eigenvalue weighted by atomic mass is 35.5. The second kappa shape index (κ2) is 4.06. The molecule has 82 valence electrons. The molecule has 0 amide bonds. The highest BCUT2D eigenvalue weighted by molar-refractivity contribution is 6.35. The first-order valence-corrected chi connectivity index (χ1v) is 5.00. The summed E-state index contributed by atoms with van der Waals surface area (Å²) in [7, 11) is 0. The summed E-state index contributed by atoms with van der Waals surface area (Å²) in [4.78, 5) is 7.78. The number of nitrogen functional groups attached to an aromatic ring is 1. The third-order valence-electron chi connectivity index (χ3n) is 2.34. The zero-order valence-corrected chi connectivity index (χ0v) is 9.29. The molecule has 0 radical (unpaired) electrons. The maximum atomic E-state index is 13.4. The van der Waals surface area contributed by atoms with Crippen molar-refractivity contribution < 1.29 is 4.39 Å². The van der Waals surface area contributed by atoms with Crippen molar-refractivity contribution in [3.05, 3.63) is 40.9 Å². The fraction of sp³-hybridized carbons (Fsp3) is 0.0909. The minimum Gasteiger partial charge on any atom is -0.382 e. The Kier molecular flexibility index (Phi) is 2.75. The van der Waals surface area contributed by atoms with Crippen LogP contribution in [0.1, 0.15) is 5.56 Å². The molecular weight excluding hydrogens is 229 g/mol. The zero-order valence-electron chi connectivity index (χ0n) is 8.54. The largest absolute Gasteiger partial charge is 0.382 e. The van der Waals surface area contributed by atoms with E-state index in [-0.39, 0.29) is 16.7 Å². The van der Waals surface area contributed by atoms with Crippen molar-refractivity contribution in [2.24, 2.45) is 0 Å². The predicted octanol–water partition coefficient (Wildman–Crippen LogP) is 2.83. The van der Waals surface area contributed by atoms with Gasteiger partial charge in [0.15, 0.2) is 0 Å². The van der Waals surface area contributed by atoms with Crippen molar-refractivity contribution >= 4 is 17.4 Å². The molecule has 5 heteroatoms. The Hall–Kier alpha value is -1.68. The topological polar surface area (TPSA) is 51.8 Å². The number of anilines is 1. The Labute approximate surface area is 97.1 Å². The molecule has 2 aromatic rings. The molecule has 0 saturated heterocycles. The van der Waals surface area contributed by atoms with E-state index in [0.29, 0.717) is 16.8 Å². The Morgan fingerprint density at radius 2 is 2.06 bits per heavy atom. The van der Waals surface area contributed by atoms with Crippen molar-refractivity contribution in [2.75, 3.05) is 5.73 Å². The predicted molar refractivity (Wildman–Crippen MR) is 61.6 cm³/mol. The Morgan fingerprint density at radius 1 is 1.31 bits per heavy atom. The number of halogens is 2. The first kappa shape index (κ1) is 10.8. The molecule has 3 nitrogen and oxygen atoms in total. The van der Waals surface area contributed by atoms with Gasteiger partial charge in [-0.2, -0.15) is 0 Å². The Bertz CT molecular complexity index is 493. The van der Waals surface area contributed by atoms with Gasteiger partial charge in [0.2, 0.25) is 0 Å². The molecule has 0 aliphatic carbocycles. The minimum absolute atomic E-state index is 0.190. The van der Waals surface area contributed by atoms with Crippen molar-refractivity contribution in [3.63, 3.8) is 0 Å². The van der Waals surface area contributed by atoms with Gasteiger partial charge in [-0.15, -0.1) is 0 Å². The number of rotatable bonds is 1. The van der Waals surface area contributed by atoms with Crippen LogP contribution >= 0.6 is 11.6 Å². The van der Waals surface area contributed by atoms with Gasteiger partial charge in [0.25, 0.3) is 0 Å². The monoisotopic (exact) mass is 237 g/mol. The summed E-state index contributed by atoms with van der Waals surface area (Å²) in [6.07, 6.45) is 1.31. The van der Waals surface area contributed by atoms with Crippen LogP contribution in [0.4, 0.5) is 10.2 Å². The number of hydrogen-bond acceptors (Lipinski definition) is 3. The van der Waals surface area contributed by atoms with Crippen LogP contribution in [0.5, 0.6) is 0 Å². The fourth-order valence-electron chi connectivity index (χ4n) is 1.44. The molecule has 1 aromatic carbocycles. The molecular formula is C11H9ClFN3. The van der Waals surface area contributed by atoms with Gasteiger partial charge in [0.1, 0.15) is 23.0 Å². The third kappa shape index (κ3) is 1.72. The van der Waals surface area contributed by atoms with Gasteiger partial charge in [-0.05, 0) is 18.6 Å². The van der Waals surface area contributed by atoms with Crippen molar-refractivity contribution in [1.82, 2.24) is 9.97 Å². The van der Waals surface area contributed by atoms with E-state index in [1.54, 1.807) is 19.1 Å². The summed E-state index contributed by atoms with van der Waals surface area (Å²) in [5.74, 6) is -0.110. The first-order chi connectivity index (χ1) is 7.61. The fourth-order valence-corrected chi connectivity index (χ4v) is 1.63. The van der Waals surface area contributed by atoms with Crippen LogP contribution in [0, 0.1) is 12.7 Å². The molecule has 1 aromatic heterocycles. The molecule has 0 saturated carbocycles. The molecule has 0 unspecified atom stereocenters. The highest BCUT2D eigenvalue weighted by Crippen LogP contribution is 2.31. The lowest BCUT2D eigenvalue weighted by Crippen LogP contribution is -1.97. The number of nitrogens with zero attached hydrogens (tertiary/aromatic N) is 2. The van der Waals surface area contributed by atoms with Crippen LogP contribution in [0.15, 0.2) is 24.5 Å². The van der Waals surface area contributed by atoms with E-state index < -0.39 is 0 Å². The molecule has 16 heavy (non-hydrogen) atoms. The van der Waals surface area contributed by atoms with Crippen LogP contribution in [-0.4, -0.2) is 9.97 Å². The van der Waals surface area contributed by atoms with Gasteiger partial charge in [0, 0.05) is 5.56 Å². The van der Waals surface area contributed by atoms with Crippen molar-refractivity contribution in [2.45, 2.75) is 6.92 Å². The molecule has 0 atom stereocenters. The summed E-state index contributed by atoms with van der Waals surface area (Å²) in [6, 6.07) is 4.73. The van der Waals surface area contributed by atoms with Gasteiger partial charge in [-0.1, -0.05) is 23.7 Å². The summed E-state index contributed by atoms with van der Waals surface area (Å²) >= 11 is 5.98. The molecule has 0 spiro atoms. The number of aromatic nitrogens is 2. The molecule has 0 bridgehead atoms. The lowest BCUT2D eigenvalue weighted by atomic mass is 10.1. The number of nitrogens with two attached hydrogens (primary N) is 1. The molecule has 0 aliphatic rings. The SMILES string of the molecule is Cc1c(F)cccc1-c1ncnc(N)c1Cl. The average molecular weight is 238 g/mol. The number of hydrogen-bond donors (Lipinski definition) is 1. The number of benzene rings is 1. The normalized spacial score (nSPS) is 10.4. The summed E-state index contributed by atoms with van der Waals surface area (Å²) in [6.45, 7) is 1.67. The smallest absolute Gasteiger partial charge is 0.146 e. The molecule has 2 N–H and O–H groups in total. The van der Waals surface area contributed by atoms with Crippen molar-refractivity contribution in [3.8, 4) is 11.3 Å². The van der Waals surface area contributed by atoms with Gasteiger partial charge >= 0.3 is 0 Å². The van der Waals surface area contributed by atoms with Gasteiger partial charge in [-0.3, -0.25) is 0 Å². The lowest BCUT2D eigenvalue weighted by molar-refractivity contribution is 0.619. The molecule has 1 heterocycles. The molecule has 0 aliphatic heterocycles. The highest BCUT2D eigenvalue weighted by Gasteiger charge is 2.12. The average Bonchev–Trinajstić information content (AvgIpc) is 2.27. The van der Waals surface area contributed by atoms with E-state index in [0.717, 1.165) is 0 Å². The van der Waals surface area contributed by atoms with Crippen LogP contribution < -0.4 is 5.73 Å². The second-order valence-electron chi connectivity index (χ2n) is 3.33. The quantitative estimate of drug-likeness (QED) is 0.830. The van der Waals surface area contributed by atoms with Gasteiger partial charge in [0.05, 0.1) is 5.69 Å². The second-order valence-corrected chi connectivity index (χ2v) is 3.71. The standard InChI is InChI=1S/C11H9ClFN3/c1-6-7(3-2-4-8(6)13)10-9(12)11(14)16-5-15-10/h2-5H,1H3,(H2,14,15,16). The molecule has 0 fully saturated rings. The lowest BCUT2D eigenvalue weighted by Gasteiger charge is -2.08. The van der Waals surface area contributed by atoms with E-state index in [4.69, 9.17) is 17.3 Å². The minimum atomic E-state index is -0.300. The Balaban J connectivity index is 2.68. The van der Waals surface area contributed by atoms with E-state index in [1.807, 2.05) is 0 Å².